The Morgan fingerprint density at radius 1 is 0.842 bits per heavy atom. The molecule has 0 aromatic heterocycles. The summed E-state index contributed by atoms with van der Waals surface area (Å²) in [6.45, 7) is 4.01. The zero-order valence-corrected chi connectivity index (χ0v) is 22.6. The lowest BCUT2D eigenvalue weighted by molar-refractivity contribution is -0.119. The third kappa shape index (κ3) is 5.83. The van der Waals surface area contributed by atoms with Crippen LogP contribution in [0.25, 0.3) is 0 Å². The van der Waals surface area contributed by atoms with Gasteiger partial charge in [-0.1, -0.05) is 91.0 Å². The van der Waals surface area contributed by atoms with Crippen molar-refractivity contribution in [3.63, 3.8) is 0 Å². The molecular weight excluding hydrogens is 492 g/mol. The van der Waals surface area contributed by atoms with Crippen molar-refractivity contribution < 1.29 is 9.53 Å². The Morgan fingerprint density at radius 3 is 2.03 bits per heavy atom. The molecule has 0 bridgehead atoms. The lowest BCUT2D eigenvalue weighted by Gasteiger charge is -2.40. The molecule has 1 heterocycles. The van der Waals surface area contributed by atoms with E-state index in [4.69, 9.17) is 4.74 Å². The summed E-state index contributed by atoms with van der Waals surface area (Å²) in [5.74, 6) is 0.0292. The molecule has 0 fully saturated rings. The molecule has 1 amide bonds. The number of nitrogens with one attached hydrogen (secondary N) is 1. The molecule has 38 heavy (non-hydrogen) atoms. The lowest BCUT2D eigenvalue weighted by atomic mass is 9.69. The van der Waals surface area contributed by atoms with Crippen LogP contribution in [0.5, 0.6) is 0 Å². The van der Waals surface area contributed by atoms with Crippen molar-refractivity contribution >= 4 is 29.7 Å². The number of nitrogens with zero attached hydrogens (tertiary/aromatic N) is 1. The van der Waals surface area contributed by atoms with Gasteiger partial charge in [0.1, 0.15) is 0 Å². The summed E-state index contributed by atoms with van der Waals surface area (Å²) in [5, 5.41) is 3.50. The molecule has 5 heteroatoms. The van der Waals surface area contributed by atoms with E-state index in [-0.39, 0.29) is 29.8 Å². The van der Waals surface area contributed by atoms with Crippen LogP contribution in [0, 0.1) is 0 Å². The van der Waals surface area contributed by atoms with E-state index in [1.807, 2.05) is 67.6 Å². The molecule has 1 aliphatic rings. The van der Waals surface area contributed by atoms with Gasteiger partial charge in [-0.3, -0.25) is 9.69 Å². The van der Waals surface area contributed by atoms with Crippen LogP contribution < -0.4 is 10.2 Å². The maximum Gasteiger partial charge on any atom is 0.248 e. The van der Waals surface area contributed by atoms with Gasteiger partial charge in [0, 0.05) is 16.8 Å². The first-order valence-electron chi connectivity index (χ1n) is 13.1. The minimum Gasteiger partial charge on any atom is -0.375 e. The van der Waals surface area contributed by atoms with E-state index in [0.29, 0.717) is 13.2 Å². The number of anilines is 2. The zero-order valence-electron chi connectivity index (χ0n) is 21.8. The maximum atomic E-state index is 13.6. The highest BCUT2D eigenvalue weighted by atomic mass is 35.5. The Morgan fingerprint density at radius 2 is 1.39 bits per heavy atom. The molecular formula is C33H35ClN2O2. The highest BCUT2D eigenvalue weighted by molar-refractivity contribution is 6.03. The van der Waals surface area contributed by atoms with Gasteiger partial charge in [0.05, 0.1) is 19.3 Å². The smallest absolute Gasteiger partial charge is 0.248 e. The van der Waals surface area contributed by atoms with E-state index in [1.54, 1.807) is 4.90 Å². The second kappa shape index (κ2) is 12.9. The van der Waals surface area contributed by atoms with Gasteiger partial charge < -0.3 is 10.1 Å². The number of benzene rings is 4. The molecule has 2 atom stereocenters. The van der Waals surface area contributed by atoms with E-state index < -0.39 is 0 Å². The van der Waals surface area contributed by atoms with Crippen molar-refractivity contribution in [2.45, 2.75) is 37.8 Å². The number of hydrogen-bond donors (Lipinski definition) is 1. The van der Waals surface area contributed by atoms with Gasteiger partial charge in [0.15, 0.2) is 0 Å². The Bertz CT molecular complexity index is 1260. The monoisotopic (exact) mass is 526 g/mol. The van der Waals surface area contributed by atoms with Crippen LogP contribution in [0.1, 0.15) is 36.5 Å². The quantitative estimate of drug-likeness (QED) is 0.238. The number of hydrogen-bond acceptors (Lipinski definition) is 3. The molecule has 5 rings (SSSR count). The molecule has 0 saturated heterocycles. The van der Waals surface area contributed by atoms with Crippen LogP contribution in [-0.2, 0) is 21.6 Å². The van der Waals surface area contributed by atoms with Gasteiger partial charge in [0.2, 0.25) is 5.91 Å². The van der Waals surface area contributed by atoms with Crippen LogP contribution in [0.3, 0.4) is 0 Å². The van der Waals surface area contributed by atoms with Crippen molar-refractivity contribution in [3.8, 4) is 0 Å². The number of halogens is 1. The number of carbonyl (C=O) groups excluding carboxylic acids is 1. The number of ether oxygens (including phenoxy) is 1. The molecule has 4 aromatic rings. The molecule has 0 saturated carbocycles. The largest absolute Gasteiger partial charge is 0.375 e. The summed E-state index contributed by atoms with van der Waals surface area (Å²) < 4.78 is 6.13. The fourth-order valence-electron chi connectivity index (χ4n) is 5.42. The summed E-state index contributed by atoms with van der Waals surface area (Å²) >= 11 is 0. The Hall–Kier alpha value is -3.44. The first-order valence-corrected chi connectivity index (χ1v) is 13.1. The number of para-hydroxylation sites is 2. The van der Waals surface area contributed by atoms with Gasteiger partial charge in [-0.2, -0.15) is 0 Å². The summed E-state index contributed by atoms with van der Waals surface area (Å²) in [7, 11) is 0. The average molecular weight is 527 g/mol. The minimum atomic E-state index is -0.331. The van der Waals surface area contributed by atoms with Crippen molar-refractivity contribution in [1.82, 2.24) is 5.32 Å². The fraction of sp³-hybridized carbons (Fsp3) is 0.242. The molecule has 1 N–H and O–H groups in total. The molecule has 2 unspecified atom stereocenters. The minimum absolute atomic E-state index is 0. The number of amides is 1. The van der Waals surface area contributed by atoms with Crippen molar-refractivity contribution in [2.75, 3.05) is 18.1 Å². The first-order chi connectivity index (χ1) is 18.2. The van der Waals surface area contributed by atoms with E-state index in [1.165, 1.54) is 16.7 Å². The normalized spacial score (nSPS) is 17.1. The molecule has 4 aromatic carbocycles. The van der Waals surface area contributed by atoms with Crippen molar-refractivity contribution in [1.29, 1.82) is 0 Å². The second-order valence-electron chi connectivity index (χ2n) is 9.72. The van der Waals surface area contributed by atoms with Gasteiger partial charge >= 0.3 is 0 Å². The molecule has 196 valence electrons. The molecule has 1 aliphatic heterocycles. The van der Waals surface area contributed by atoms with Gasteiger partial charge in [-0.05, 0) is 67.3 Å². The maximum absolute atomic E-state index is 13.6. The van der Waals surface area contributed by atoms with E-state index in [2.05, 4.69) is 59.9 Å². The second-order valence-corrected chi connectivity index (χ2v) is 9.72. The number of fused-ring (bicyclic) bond motifs is 1. The van der Waals surface area contributed by atoms with Gasteiger partial charge in [-0.15, -0.1) is 12.4 Å². The number of carbonyl (C=O) groups is 1. The Kier molecular flexibility index (Phi) is 9.35. The molecule has 0 spiro atoms. The van der Waals surface area contributed by atoms with E-state index >= 15 is 0 Å². The molecule has 0 aliphatic carbocycles. The standard InChI is InChI=1S/C33H34N2O2.ClH/c1-26(32(36)35(29-17-7-3-8-18-29)30-19-9-4-10-20-30)34-23-13-22-33(28-15-5-2-6-16-28)25-37-24-27-14-11-12-21-31(27)33;/h2-12,14-21,26,34H,13,22-25H2,1H3;1H. The third-order valence-corrected chi connectivity index (χ3v) is 7.32. The lowest BCUT2D eigenvalue weighted by Crippen LogP contribution is -2.44. The van der Waals surface area contributed by atoms with Gasteiger partial charge in [0.25, 0.3) is 0 Å². The average Bonchev–Trinajstić information content (AvgIpc) is 2.97. The van der Waals surface area contributed by atoms with E-state index in [0.717, 1.165) is 30.8 Å². The van der Waals surface area contributed by atoms with Crippen LogP contribution in [0.15, 0.2) is 115 Å². The third-order valence-electron chi connectivity index (χ3n) is 7.32. The van der Waals surface area contributed by atoms with E-state index in [9.17, 15) is 4.79 Å². The summed E-state index contributed by atoms with van der Waals surface area (Å²) in [6, 6.07) is 38.7. The summed E-state index contributed by atoms with van der Waals surface area (Å²) in [5.41, 5.74) is 5.44. The predicted molar refractivity (Wildman–Crippen MR) is 157 cm³/mol. The highest BCUT2D eigenvalue weighted by Gasteiger charge is 2.38. The summed E-state index contributed by atoms with van der Waals surface area (Å²) in [4.78, 5) is 15.4. The topological polar surface area (TPSA) is 41.6 Å². The fourth-order valence-corrected chi connectivity index (χ4v) is 5.42. The summed E-state index contributed by atoms with van der Waals surface area (Å²) in [6.07, 6.45) is 1.85. The van der Waals surface area contributed by atoms with Crippen LogP contribution in [0.2, 0.25) is 0 Å². The Balaban J connectivity index is 0.00000336. The predicted octanol–water partition coefficient (Wildman–Crippen LogP) is 7.05. The van der Waals surface area contributed by atoms with Gasteiger partial charge in [-0.25, -0.2) is 0 Å². The molecule has 0 radical (unpaired) electrons. The van der Waals surface area contributed by atoms with Crippen molar-refractivity contribution in [2.24, 2.45) is 0 Å². The van der Waals surface area contributed by atoms with Crippen LogP contribution in [-0.4, -0.2) is 25.1 Å². The first kappa shape index (κ1) is 27.6. The van der Waals surface area contributed by atoms with Crippen LogP contribution >= 0.6 is 12.4 Å². The highest BCUT2D eigenvalue weighted by Crippen LogP contribution is 2.42. The zero-order chi connectivity index (χ0) is 25.5. The Labute approximate surface area is 232 Å². The SMILES string of the molecule is CC(NCCCC1(c2ccccc2)COCc2ccccc21)C(=O)N(c1ccccc1)c1ccccc1.Cl. The molecule has 4 nitrogen and oxygen atoms in total. The van der Waals surface area contributed by atoms with Crippen LogP contribution in [0.4, 0.5) is 11.4 Å². The number of rotatable bonds is 9. The van der Waals surface area contributed by atoms with Crippen molar-refractivity contribution in [3.05, 3.63) is 132 Å².